The summed E-state index contributed by atoms with van der Waals surface area (Å²) in [5, 5.41) is 9.11. The minimum atomic E-state index is -0.0914. The molecule has 0 atom stereocenters. The Morgan fingerprint density at radius 3 is 2.81 bits per heavy atom. The fourth-order valence-electron chi connectivity index (χ4n) is 1.26. The molecule has 5 nitrogen and oxygen atoms in total. The first kappa shape index (κ1) is 10.4. The lowest BCUT2D eigenvalue weighted by atomic mass is 10.2. The number of benzene rings is 1. The van der Waals surface area contributed by atoms with Crippen LogP contribution in [0.15, 0.2) is 36.7 Å². The zero-order chi connectivity index (χ0) is 11.4. The Labute approximate surface area is 92.5 Å². The number of nitrogens with two attached hydrogens (primary N) is 1. The lowest BCUT2D eigenvalue weighted by molar-refractivity contribution is 0.276. The van der Waals surface area contributed by atoms with Gasteiger partial charge >= 0.3 is 0 Å². The number of para-hydroxylation sites is 1. The molecule has 0 amide bonds. The molecule has 2 aromatic rings. The molecule has 0 radical (unpaired) electrons. The molecule has 82 valence electrons. The van der Waals surface area contributed by atoms with Crippen molar-refractivity contribution in [2.24, 2.45) is 0 Å². The van der Waals surface area contributed by atoms with Crippen molar-refractivity contribution in [3.8, 4) is 11.6 Å². The van der Waals surface area contributed by atoms with Crippen LogP contribution >= 0.6 is 0 Å². The zero-order valence-electron chi connectivity index (χ0n) is 8.50. The summed E-state index contributed by atoms with van der Waals surface area (Å²) in [4.78, 5) is 7.82. The highest BCUT2D eigenvalue weighted by Crippen LogP contribution is 2.23. The fourth-order valence-corrected chi connectivity index (χ4v) is 1.26. The standard InChI is InChI=1S/C11H11N3O2/c12-10-5-13-6-11(14-10)16-9-4-2-1-3-8(9)7-15/h1-6,15H,7H2,(H2,12,14). The van der Waals surface area contributed by atoms with Gasteiger partial charge in [0.25, 0.3) is 0 Å². The van der Waals surface area contributed by atoms with Gasteiger partial charge in [0, 0.05) is 5.56 Å². The molecule has 0 bridgehead atoms. The first-order valence-electron chi connectivity index (χ1n) is 4.74. The number of nitrogen functional groups attached to an aromatic ring is 1. The SMILES string of the molecule is Nc1cncc(Oc2ccccc2CO)n1. The number of nitrogens with zero attached hydrogens (tertiary/aromatic N) is 2. The number of aromatic nitrogens is 2. The van der Waals surface area contributed by atoms with E-state index < -0.39 is 0 Å². The van der Waals surface area contributed by atoms with Gasteiger partial charge in [-0.2, -0.15) is 4.98 Å². The maximum absolute atomic E-state index is 9.11. The van der Waals surface area contributed by atoms with Crippen LogP contribution in [-0.4, -0.2) is 15.1 Å². The molecule has 0 saturated heterocycles. The number of ether oxygens (including phenoxy) is 1. The van der Waals surface area contributed by atoms with Gasteiger partial charge in [-0.3, -0.25) is 4.98 Å². The number of rotatable bonds is 3. The highest BCUT2D eigenvalue weighted by molar-refractivity contribution is 5.36. The van der Waals surface area contributed by atoms with Crippen LogP contribution in [0.5, 0.6) is 11.6 Å². The van der Waals surface area contributed by atoms with E-state index in [1.807, 2.05) is 12.1 Å². The molecular weight excluding hydrogens is 206 g/mol. The first-order chi connectivity index (χ1) is 7.79. The first-order valence-corrected chi connectivity index (χ1v) is 4.74. The van der Waals surface area contributed by atoms with E-state index in [-0.39, 0.29) is 6.61 Å². The molecule has 3 N–H and O–H groups in total. The summed E-state index contributed by atoms with van der Waals surface area (Å²) in [5.41, 5.74) is 6.17. The second-order valence-corrected chi connectivity index (χ2v) is 3.15. The van der Waals surface area contributed by atoms with Gasteiger partial charge in [-0.1, -0.05) is 18.2 Å². The van der Waals surface area contributed by atoms with Crippen LogP contribution in [0.2, 0.25) is 0 Å². The molecule has 0 fully saturated rings. The molecule has 0 aliphatic rings. The molecule has 0 spiro atoms. The summed E-state index contributed by atoms with van der Waals surface area (Å²) in [5.74, 6) is 1.14. The van der Waals surface area contributed by atoms with Gasteiger partial charge in [0.05, 0.1) is 19.0 Å². The minimum Gasteiger partial charge on any atom is -0.437 e. The van der Waals surface area contributed by atoms with Gasteiger partial charge in [-0.05, 0) is 6.07 Å². The highest BCUT2D eigenvalue weighted by atomic mass is 16.5. The van der Waals surface area contributed by atoms with Crippen LogP contribution in [0.3, 0.4) is 0 Å². The van der Waals surface area contributed by atoms with Crippen molar-refractivity contribution in [2.75, 3.05) is 5.73 Å². The summed E-state index contributed by atoms with van der Waals surface area (Å²) < 4.78 is 5.47. The Kier molecular flexibility index (Phi) is 2.98. The van der Waals surface area contributed by atoms with Gasteiger partial charge in [0.1, 0.15) is 11.6 Å². The van der Waals surface area contributed by atoms with Crippen LogP contribution in [0.25, 0.3) is 0 Å². The van der Waals surface area contributed by atoms with Crippen molar-refractivity contribution in [3.05, 3.63) is 42.2 Å². The van der Waals surface area contributed by atoms with Crippen molar-refractivity contribution in [1.29, 1.82) is 0 Å². The molecule has 0 saturated carbocycles. The van der Waals surface area contributed by atoms with Gasteiger partial charge in [-0.25, -0.2) is 0 Å². The Balaban J connectivity index is 2.26. The van der Waals surface area contributed by atoms with Crippen molar-refractivity contribution < 1.29 is 9.84 Å². The maximum atomic E-state index is 9.11. The lowest BCUT2D eigenvalue weighted by Crippen LogP contribution is -1.96. The molecule has 1 aromatic carbocycles. The van der Waals surface area contributed by atoms with Gasteiger partial charge in [0.2, 0.25) is 5.88 Å². The Morgan fingerprint density at radius 2 is 2.06 bits per heavy atom. The second kappa shape index (κ2) is 4.59. The van der Waals surface area contributed by atoms with Crippen LogP contribution in [0.1, 0.15) is 5.56 Å². The van der Waals surface area contributed by atoms with Crippen molar-refractivity contribution >= 4 is 5.82 Å². The topological polar surface area (TPSA) is 81.3 Å². The van der Waals surface area contributed by atoms with E-state index in [9.17, 15) is 0 Å². The van der Waals surface area contributed by atoms with Crippen LogP contribution in [-0.2, 0) is 6.61 Å². The van der Waals surface area contributed by atoms with E-state index in [1.165, 1.54) is 12.4 Å². The predicted molar refractivity (Wildman–Crippen MR) is 58.9 cm³/mol. The number of aliphatic hydroxyl groups excluding tert-OH is 1. The second-order valence-electron chi connectivity index (χ2n) is 3.15. The van der Waals surface area contributed by atoms with Crippen molar-refractivity contribution in [2.45, 2.75) is 6.61 Å². The molecule has 0 unspecified atom stereocenters. The normalized spacial score (nSPS) is 10.1. The van der Waals surface area contributed by atoms with E-state index in [4.69, 9.17) is 15.6 Å². The number of anilines is 1. The van der Waals surface area contributed by atoms with Crippen LogP contribution in [0.4, 0.5) is 5.82 Å². The van der Waals surface area contributed by atoms with E-state index in [0.717, 1.165) is 0 Å². The Bertz CT molecular complexity index is 488. The van der Waals surface area contributed by atoms with E-state index >= 15 is 0 Å². The largest absolute Gasteiger partial charge is 0.437 e. The van der Waals surface area contributed by atoms with E-state index in [1.54, 1.807) is 12.1 Å². The van der Waals surface area contributed by atoms with Crippen LogP contribution in [0, 0.1) is 0 Å². The highest BCUT2D eigenvalue weighted by Gasteiger charge is 2.04. The Hall–Kier alpha value is -2.14. The number of hydrogen-bond acceptors (Lipinski definition) is 5. The van der Waals surface area contributed by atoms with Crippen molar-refractivity contribution in [1.82, 2.24) is 9.97 Å². The maximum Gasteiger partial charge on any atom is 0.239 e. The molecule has 1 aromatic heterocycles. The van der Waals surface area contributed by atoms with Gasteiger partial charge in [0.15, 0.2) is 0 Å². The minimum absolute atomic E-state index is 0.0914. The summed E-state index contributed by atoms with van der Waals surface area (Å²) >= 11 is 0. The van der Waals surface area contributed by atoms with Gasteiger partial charge in [-0.15, -0.1) is 0 Å². The van der Waals surface area contributed by atoms with E-state index in [2.05, 4.69) is 9.97 Å². The molecule has 0 aliphatic carbocycles. The summed E-state index contributed by atoms with van der Waals surface area (Å²) in [6, 6.07) is 7.16. The third-order valence-electron chi connectivity index (χ3n) is 1.99. The molecule has 5 heteroatoms. The summed E-state index contributed by atoms with van der Waals surface area (Å²) in [6.07, 6.45) is 2.90. The monoisotopic (exact) mass is 217 g/mol. The third-order valence-corrected chi connectivity index (χ3v) is 1.99. The predicted octanol–water partition coefficient (Wildman–Crippen LogP) is 1.34. The fraction of sp³-hybridized carbons (Fsp3) is 0.0909. The van der Waals surface area contributed by atoms with E-state index in [0.29, 0.717) is 23.0 Å². The van der Waals surface area contributed by atoms with Crippen LogP contribution < -0.4 is 10.5 Å². The molecule has 2 rings (SSSR count). The number of hydrogen-bond donors (Lipinski definition) is 2. The Morgan fingerprint density at radius 1 is 1.25 bits per heavy atom. The third kappa shape index (κ3) is 2.26. The van der Waals surface area contributed by atoms with Crippen molar-refractivity contribution in [3.63, 3.8) is 0 Å². The number of aliphatic hydroxyl groups is 1. The summed E-state index contributed by atoms with van der Waals surface area (Å²) in [6.45, 7) is -0.0914. The lowest BCUT2D eigenvalue weighted by Gasteiger charge is -2.08. The van der Waals surface area contributed by atoms with Gasteiger partial charge < -0.3 is 15.6 Å². The molecule has 1 heterocycles. The zero-order valence-corrected chi connectivity index (χ0v) is 8.50. The average Bonchev–Trinajstić information content (AvgIpc) is 2.30. The quantitative estimate of drug-likeness (QED) is 0.810. The smallest absolute Gasteiger partial charge is 0.239 e. The summed E-state index contributed by atoms with van der Waals surface area (Å²) in [7, 11) is 0. The average molecular weight is 217 g/mol. The molecular formula is C11H11N3O2. The molecule has 0 aliphatic heterocycles. The molecule has 16 heavy (non-hydrogen) atoms.